The molecule has 3 heterocycles. The molecule has 0 aromatic heterocycles. The molecule has 4 unspecified atom stereocenters. The van der Waals surface area contributed by atoms with Crippen molar-refractivity contribution in [2.24, 2.45) is 17.8 Å². The van der Waals surface area contributed by atoms with Gasteiger partial charge in [0.05, 0.1) is 25.9 Å². The van der Waals surface area contributed by atoms with Gasteiger partial charge in [-0.05, 0) is 84.2 Å². The number of carbonyl (C=O) groups excluding carboxylic acids is 2. The molecule has 0 amide bonds. The van der Waals surface area contributed by atoms with Gasteiger partial charge in [0.1, 0.15) is 29.9 Å². The maximum absolute atomic E-state index is 11.9. The fourth-order valence-corrected chi connectivity index (χ4v) is 13.4. The number of hydrogen-bond donors (Lipinski definition) is 2. The highest BCUT2D eigenvalue weighted by Gasteiger charge is 2.30. The topological polar surface area (TPSA) is 110 Å². The molecule has 3 saturated heterocycles. The van der Waals surface area contributed by atoms with Crippen molar-refractivity contribution >= 4 is 11.6 Å². The van der Waals surface area contributed by atoms with Gasteiger partial charge in [-0.3, -0.25) is 24.3 Å². The van der Waals surface area contributed by atoms with Crippen molar-refractivity contribution in [3.05, 3.63) is 215 Å². The van der Waals surface area contributed by atoms with Crippen LogP contribution in [0.25, 0.3) is 0 Å². The van der Waals surface area contributed by atoms with E-state index in [2.05, 4.69) is 194 Å². The van der Waals surface area contributed by atoms with Crippen LogP contribution < -0.4 is 5.32 Å². The molecule has 6 aromatic rings. The number of rotatable bonds is 23. The summed E-state index contributed by atoms with van der Waals surface area (Å²) >= 11 is 0. The van der Waals surface area contributed by atoms with Crippen molar-refractivity contribution in [3.63, 3.8) is 0 Å². The van der Waals surface area contributed by atoms with Crippen molar-refractivity contribution in [2.45, 2.75) is 186 Å². The molecule has 6 aromatic carbocycles. The molecule has 12 rings (SSSR count). The van der Waals surface area contributed by atoms with Crippen LogP contribution in [0.4, 0.5) is 0 Å². The normalized spacial score (nSPS) is 19.0. The molecule has 0 bridgehead atoms. The fraction of sp³-hybridized carbons (Fsp3) is 0.573. The van der Waals surface area contributed by atoms with Crippen molar-refractivity contribution in [1.82, 2.24) is 29.8 Å². The molecule has 4 atom stereocenters. The van der Waals surface area contributed by atoms with Gasteiger partial charge in [0.15, 0.2) is 0 Å². The molecule has 3 saturated carbocycles. The predicted molar refractivity (Wildman–Crippen MR) is 430 cm³/mol. The molecule has 12 nitrogen and oxygen atoms in total. The van der Waals surface area contributed by atoms with Crippen LogP contribution in [0.1, 0.15) is 213 Å². The van der Waals surface area contributed by atoms with E-state index in [1.54, 1.807) is 0 Å². The average Bonchev–Trinajstić information content (AvgIpc) is 1.61. The average molecular weight is 1390 g/mol. The first-order valence-corrected chi connectivity index (χ1v) is 39.6. The zero-order chi connectivity index (χ0) is 72.8. The number of ether oxygens (including phenoxy) is 3. The quantitative estimate of drug-likeness (QED) is 0.0637. The van der Waals surface area contributed by atoms with Crippen molar-refractivity contribution < 1.29 is 28.9 Å². The molecular weight excluding hydrogens is 1250 g/mol. The van der Waals surface area contributed by atoms with Gasteiger partial charge < -0.3 is 34.4 Å². The summed E-state index contributed by atoms with van der Waals surface area (Å²) in [6, 6.07) is 62.9. The summed E-state index contributed by atoms with van der Waals surface area (Å²) in [6.07, 6.45) is 10.4. The van der Waals surface area contributed by atoms with Crippen LogP contribution >= 0.6 is 0 Å². The van der Waals surface area contributed by atoms with Crippen LogP contribution in [0.3, 0.4) is 0 Å². The highest BCUT2D eigenvalue weighted by Crippen LogP contribution is 2.31. The first-order chi connectivity index (χ1) is 49.4. The number of ketones is 2. The number of nitrogens with one attached hydrogen (secondary N) is 1. The van der Waals surface area contributed by atoms with Crippen molar-refractivity contribution in [2.75, 3.05) is 131 Å². The number of carbonyl (C=O) groups is 2. The second-order valence-corrected chi connectivity index (χ2v) is 24.9. The lowest BCUT2D eigenvalue weighted by molar-refractivity contribution is -0.121. The molecule has 0 radical (unpaired) electrons. The summed E-state index contributed by atoms with van der Waals surface area (Å²) in [7, 11) is 0. The van der Waals surface area contributed by atoms with E-state index in [1.807, 2.05) is 107 Å². The Kier molecular flexibility index (Phi) is 53.0. The lowest BCUT2D eigenvalue weighted by Gasteiger charge is -2.36. The molecule has 6 aliphatic rings. The number of aliphatic hydroxyl groups is 1. The lowest BCUT2D eigenvalue weighted by atomic mass is 10.0. The number of Topliss-reactive ketones (excluding diaryl/α,β-unsaturated/α-hetero) is 2. The van der Waals surface area contributed by atoms with Crippen molar-refractivity contribution in [3.8, 4) is 0 Å². The Balaban J connectivity index is 0.000000455. The fourth-order valence-electron chi connectivity index (χ4n) is 13.4. The highest BCUT2D eigenvalue weighted by atomic mass is 16.5. The summed E-state index contributed by atoms with van der Waals surface area (Å²) < 4.78 is 19.0. The van der Waals surface area contributed by atoms with E-state index in [-0.39, 0.29) is 31.8 Å². The van der Waals surface area contributed by atoms with Gasteiger partial charge in [0.25, 0.3) is 0 Å². The largest absolute Gasteiger partial charge is 0.393 e. The summed E-state index contributed by atoms with van der Waals surface area (Å²) in [5, 5.41) is 13.5. The first-order valence-electron chi connectivity index (χ1n) is 39.6. The molecular formula is C89H142N6O6. The van der Waals surface area contributed by atoms with Gasteiger partial charge in [0.2, 0.25) is 0 Å². The van der Waals surface area contributed by atoms with Crippen LogP contribution in [-0.2, 0) is 23.8 Å². The van der Waals surface area contributed by atoms with Crippen molar-refractivity contribution in [1.29, 1.82) is 0 Å². The minimum absolute atomic E-state index is 0. The minimum atomic E-state index is -0.0747. The Morgan fingerprint density at radius 1 is 0.366 bits per heavy atom. The van der Waals surface area contributed by atoms with E-state index in [4.69, 9.17) is 14.2 Å². The van der Waals surface area contributed by atoms with Gasteiger partial charge in [-0.15, -0.1) is 0 Å². The Morgan fingerprint density at radius 3 is 0.901 bits per heavy atom. The number of benzene rings is 6. The third-order valence-corrected chi connectivity index (χ3v) is 18.8. The van der Waals surface area contributed by atoms with E-state index in [0.29, 0.717) is 29.3 Å². The van der Waals surface area contributed by atoms with E-state index in [9.17, 15) is 14.7 Å². The monoisotopic (exact) mass is 1390 g/mol. The molecule has 101 heavy (non-hydrogen) atoms. The Hall–Kier alpha value is -5.74. The van der Waals surface area contributed by atoms with E-state index in [0.717, 1.165) is 182 Å². The molecule has 2 N–H and O–H groups in total. The number of nitrogens with zero attached hydrogens (tertiary/aromatic N) is 5. The standard InChI is InChI=1S/C25H34N2O2.C25H32N2O2.C19H24N2O.C7H12O.6C2H6.CH4/c2*28-24-13-7-12-23(24)20-27-16-14-26(15-17-27)18-19-29-25(21-8-3-1-4-9-21)22-10-5-2-6-11-22;1-3-7-17(8-4-1)19(18-9-5-2-6-10-18)22-16-15-21-13-11-20-12-14-21;1-2-6-4-3-5-7(6)8;6*1-2;/h1-6,8-11,23-25,28H,7,12-20H2;1-6,8-11,23,25H,7,12-20H2;1-10,19-20H,11-16H2;6H,2-5H2,1H3;6*1-2H3;1H4. The Labute approximate surface area is 617 Å². The van der Waals surface area contributed by atoms with Gasteiger partial charge in [0, 0.05) is 136 Å². The Bertz CT molecular complexity index is 2700. The summed E-state index contributed by atoms with van der Waals surface area (Å²) in [6.45, 7) is 46.3. The van der Waals surface area contributed by atoms with Crippen LogP contribution in [-0.4, -0.2) is 178 Å². The Morgan fingerprint density at radius 2 is 0.644 bits per heavy atom. The van der Waals surface area contributed by atoms with Gasteiger partial charge in [-0.1, -0.05) is 286 Å². The maximum atomic E-state index is 11.9. The minimum Gasteiger partial charge on any atom is -0.393 e. The second kappa shape index (κ2) is 58.6. The zero-order valence-corrected chi connectivity index (χ0v) is 64.8. The zero-order valence-electron chi connectivity index (χ0n) is 64.8. The van der Waals surface area contributed by atoms with Gasteiger partial charge in [-0.25, -0.2) is 0 Å². The number of piperazine rings is 3. The third kappa shape index (κ3) is 34.6. The summed E-state index contributed by atoms with van der Waals surface area (Å²) in [5.74, 6) is 2.18. The van der Waals surface area contributed by atoms with Crippen LogP contribution in [0.2, 0.25) is 0 Å². The first kappa shape index (κ1) is 91.3. The van der Waals surface area contributed by atoms with Gasteiger partial charge >= 0.3 is 0 Å². The molecule has 3 aliphatic carbocycles. The number of aliphatic hydroxyl groups excluding tert-OH is 1. The third-order valence-electron chi connectivity index (χ3n) is 18.8. The van der Waals surface area contributed by atoms with E-state index < -0.39 is 0 Å². The summed E-state index contributed by atoms with van der Waals surface area (Å²) in [5.41, 5.74) is 7.25. The van der Waals surface area contributed by atoms with Crippen LogP contribution in [0.15, 0.2) is 182 Å². The number of hydrogen-bond acceptors (Lipinski definition) is 12. The molecule has 6 fully saturated rings. The van der Waals surface area contributed by atoms with E-state index >= 15 is 0 Å². The second-order valence-electron chi connectivity index (χ2n) is 24.9. The molecule has 0 spiro atoms. The van der Waals surface area contributed by atoms with Gasteiger partial charge in [-0.2, -0.15) is 0 Å². The highest BCUT2D eigenvalue weighted by molar-refractivity contribution is 5.83. The summed E-state index contributed by atoms with van der Waals surface area (Å²) in [4.78, 5) is 35.2. The molecule has 564 valence electrons. The molecule has 12 heteroatoms. The van der Waals surface area contributed by atoms with Crippen LogP contribution in [0.5, 0.6) is 0 Å². The maximum Gasteiger partial charge on any atom is 0.137 e. The predicted octanol–water partition coefficient (Wildman–Crippen LogP) is 18.6. The lowest BCUT2D eigenvalue weighted by Crippen LogP contribution is -2.49. The van der Waals surface area contributed by atoms with E-state index in [1.165, 1.54) is 46.2 Å². The van der Waals surface area contributed by atoms with Crippen LogP contribution in [0, 0.1) is 17.8 Å². The SMILES string of the molecule is C.CC.CC.CC.CC.CC.CC.CCC1CCCC1=O.O=C1CCCC1CN1CCN(CCOC(c2ccccc2)c2ccccc2)CC1.OC1CCCC1CN1CCN(CCOC(c2ccccc2)c2ccccc2)CC1.c1ccc(C(OCCN2CCNCC2)c2ccccc2)cc1. The molecule has 3 aliphatic heterocycles. The smallest absolute Gasteiger partial charge is 0.137 e.